The van der Waals surface area contributed by atoms with Crippen molar-refractivity contribution in [2.24, 2.45) is 0 Å². The van der Waals surface area contributed by atoms with Gasteiger partial charge in [0.25, 0.3) is 0 Å². The molecular weight excluding hydrogens is 130 g/mol. The van der Waals surface area contributed by atoms with Gasteiger partial charge in [0.05, 0.1) is 19.1 Å². The third-order valence-corrected chi connectivity index (χ3v) is 0.821. The van der Waals surface area contributed by atoms with Crippen molar-refractivity contribution in [3.63, 3.8) is 0 Å². The van der Waals surface area contributed by atoms with Gasteiger partial charge >= 0.3 is 5.97 Å². The molecule has 0 aromatic carbocycles. The van der Waals surface area contributed by atoms with E-state index in [1.165, 1.54) is 0 Å². The van der Waals surface area contributed by atoms with E-state index >= 15 is 0 Å². The molecule has 0 spiro atoms. The van der Waals surface area contributed by atoms with Gasteiger partial charge in [0.1, 0.15) is 0 Å². The van der Waals surface area contributed by atoms with Gasteiger partial charge < -0.3 is 4.74 Å². The van der Waals surface area contributed by atoms with Crippen LogP contribution in [0, 0.1) is 11.3 Å². The van der Waals surface area contributed by atoms with Crippen molar-refractivity contribution < 1.29 is 9.53 Å². The van der Waals surface area contributed by atoms with E-state index in [2.05, 4.69) is 11.3 Å². The minimum Gasteiger partial charge on any atom is -0.466 e. The van der Waals surface area contributed by atoms with Gasteiger partial charge in [-0.3, -0.25) is 4.79 Å². The standard InChI is InChI=1S/C7H9NO2/c1-3-10-7(9)4-6(2)5-8/h2-4H2,1H3. The van der Waals surface area contributed by atoms with Crippen LogP contribution in [0.1, 0.15) is 13.3 Å². The van der Waals surface area contributed by atoms with Crippen LogP contribution in [-0.4, -0.2) is 12.6 Å². The third kappa shape index (κ3) is 3.67. The van der Waals surface area contributed by atoms with Gasteiger partial charge in [-0.25, -0.2) is 0 Å². The highest BCUT2D eigenvalue weighted by Crippen LogP contribution is 1.96. The monoisotopic (exact) mass is 139 g/mol. The number of carbonyl (C=O) groups excluding carboxylic acids is 1. The Balaban J connectivity index is 3.60. The lowest BCUT2D eigenvalue weighted by atomic mass is 10.2. The van der Waals surface area contributed by atoms with E-state index < -0.39 is 5.97 Å². The summed E-state index contributed by atoms with van der Waals surface area (Å²) >= 11 is 0. The third-order valence-electron chi connectivity index (χ3n) is 0.821. The molecule has 0 aromatic rings. The first kappa shape index (κ1) is 8.70. The van der Waals surface area contributed by atoms with E-state index in [-0.39, 0.29) is 12.0 Å². The first-order valence-electron chi connectivity index (χ1n) is 2.94. The molecule has 3 nitrogen and oxygen atoms in total. The lowest BCUT2D eigenvalue weighted by molar-refractivity contribution is -0.142. The first-order valence-corrected chi connectivity index (χ1v) is 2.94. The largest absolute Gasteiger partial charge is 0.466 e. The van der Waals surface area contributed by atoms with Gasteiger partial charge in [0.2, 0.25) is 0 Å². The number of rotatable bonds is 3. The second-order valence-corrected chi connectivity index (χ2v) is 1.70. The van der Waals surface area contributed by atoms with E-state index in [4.69, 9.17) is 5.26 Å². The molecule has 0 aliphatic carbocycles. The summed E-state index contributed by atoms with van der Waals surface area (Å²) in [6, 6.07) is 1.76. The maximum Gasteiger partial charge on any atom is 0.310 e. The number of carbonyl (C=O) groups is 1. The highest BCUT2D eigenvalue weighted by Gasteiger charge is 2.02. The van der Waals surface area contributed by atoms with Crippen LogP contribution in [0.5, 0.6) is 0 Å². The summed E-state index contributed by atoms with van der Waals surface area (Å²) in [6.45, 7) is 5.39. The molecule has 0 saturated heterocycles. The first-order chi connectivity index (χ1) is 4.70. The van der Waals surface area contributed by atoms with E-state index in [0.717, 1.165) is 0 Å². The number of nitrogens with zero attached hydrogens (tertiary/aromatic N) is 1. The summed E-state index contributed by atoms with van der Waals surface area (Å²) in [5, 5.41) is 8.19. The SMILES string of the molecule is C=C(C#N)CC(=O)OCC. The molecule has 0 unspecified atom stereocenters. The molecule has 0 N–H and O–H groups in total. The Morgan fingerprint density at radius 2 is 2.40 bits per heavy atom. The van der Waals surface area contributed by atoms with Crippen LogP contribution < -0.4 is 0 Å². The number of esters is 1. The van der Waals surface area contributed by atoms with Gasteiger partial charge in [-0.15, -0.1) is 0 Å². The normalized spacial score (nSPS) is 8.00. The zero-order valence-electron chi connectivity index (χ0n) is 5.89. The summed E-state index contributed by atoms with van der Waals surface area (Å²) in [5.74, 6) is -0.394. The maximum absolute atomic E-state index is 10.6. The topological polar surface area (TPSA) is 50.1 Å². The smallest absolute Gasteiger partial charge is 0.310 e. The van der Waals surface area contributed by atoms with Crippen molar-refractivity contribution in [2.75, 3.05) is 6.61 Å². The molecule has 54 valence electrons. The Hall–Kier alpha value is -1.30. The molecule has 0 atom stereocenters. The summed E-state index contributed by atoms with van der Waals surface area (Å²) in [6.07, 6.45) is 0.00431. The average molecular weight is 139 g/mol. The fourth-order valence-corrected chi connectivity index (χ4v) is 0.426. The molecule has 0 bridgehead atoms. The Labute approximate surface area is 59.9 Å². The number of nitriles is 1. The number of hydrogen-bond donors (Lipinski definition) is 0. The minimum absolute atomic E-state index is 0.00431. The Morgan fingerprint density at radius 1 is 1.80 bits per heavy atom. The molecule has 0 saturated carbocycles. The highest BCUT2D eigenvalue weighted by molar-refractivity contribution is 5.73. The van der Waals surface area contributed by atoms with Crippen LogP contribution >= 0.6 is 0 Å². The Bertz CT molecular complexity index is 179. The number of ether oxygens (including phenoxy) is 1. The molecular formula is C7H9NO2. The van der Waals surface area contributed by atoms with Gasteiger partial charge in [-0.2, -0.15) is 5.26 Å². The number of hydrogen-bond acceptors (Lipinski definition) is 3. The van der Waals surface area contributed by atoms with Gasteiger partial charge in [-0.05, 0) is 6.92 Å². The molecule has 10 heavy (non-hydrogen) atoms. The van der Waals surface area contributed by atoms with Crippen LogP contribution in [0.4, 0.5) is 0 Å². The molecule has 0 fully saturated rings. The van der Waals surface area contributed by atoms with Crippen LogP contribution in [0.3, 0.4) is 0 Å². The van der Waals surface area contributed by atoms with E-state index in [1.807, 2.05) is 0 Å². The zero-order valence-corrected chi connectivity index (χ0v) is 5.89. The van der Waals surface area contributed by atoms with Gasteiger partial charge in [-0.1, -0.05) is 6.58 Å². The predicted molar refractivity (Wildman–Crippen MR) is 36.0 cm³/mol. The molecule has 0 radical (unpaired) electrons. The molecule has 0 aliphatic rings. The lowest BCUT2D eigenvalue weighted by Crippen LogP contribution is -2.03. The summed E-state index contributed by atoms with van der Waals surface area (Å²) in [4.78, 5) is 10.6. The van der Waals surface area contributed by atoms with Crippen LogP contribution in [0.25, 0.3) is 0 Å². The quantitative estimate of drug-likeness (QED) is 0.433. The molecule has 0 aliphatic heterocycles. The maximum atomic E-state index is 10.6. The van der Waals surface area contributed by atoms with Crippen molar-refractivity contribution in [1.29, 1.82) is 5.26 Å². The lowest BCUT2D eigenvalue weighted by Gasteiger charge is -1.97. The van der Waals surface area contributed by atoms with Crippen molar-refractivity contribution in [1.82, 2.24) is 0 Å². The Kier molecular flexibility index (Phi) is 3.97. The summed E-state index contributed by atoms with van der Waals surface area (Å²) in [7, 11) is 0. The second-order valence-electron chi connectivity index (χ2n) is 1.70. The summed E-state index contributed by atoms with van der Waals surface area (Å²) < 4.78 is 4.56. The van der Waals surface area contributed by atoms with Crippen LogP contribution in [0.15, 0.2) is 12.2 Å². The molecule has 3 heteroatoms. The van der Waals surface area contributed by atoms with E-state index in [9.17, 15) is 4.79 Å². The van der Waals surface area contributed by atoms with E-state index in [1.54, 1.807) is 13.0 Å². The minimum atomic E-state index is -0.394. The van der Waals surface area contributed by atoms with Crippen LogP contribution in [-0.2, 0) is 9.53 Å². The Morgan fingerprint density at radius 3 is 2.80 bits per heavy atom. The van der Waals surface area contributed by atoms with Crippen molar-refractivity contribution in [2.45, 2.75) is 13.3 Å². The fraction of sp³-hybridized carbons (Fsp3) is 0.429. The molecule has 0 aromatic heterocycles. The predicted octanol–water partition coefficient (Wildman–Crippen LogP) is 1.02. The van der Waals surface area contributed by atoms with Crippen molar-refractivity contribution in [3.8, 4) is 6.07 Å². The van der Waals surface area contributed by atoms with Crippen molar-refractivity contribution >= 4 is 5.97 Å². The van der Waals surface area contributed by atoms with Crippen molar-refractivity contribution in [3.05, 3.63) is 12.2 Å². The average Bonchev–Trinajstić information content (AvgIpc) is 1.88. The zero-order chi connectivity index (χ0) is 7.98. The molecule has 0 rings (SSSR count). The molecule has 0 amide bonds. The fourth-order valence-electron chi connectivity index (χ4n) is 0.426. The summed E-state index contributed by atoms with van der Waals surface area (Å²) in [5.41, 5.74) is 0.235. The van der Waals surface area contributed by atoms with Crippen LogP contribution in [0.2, 0.25) is 0 Å². The van der Waals surface area contributed by atoms with E-state index in [0.29, 0.717) is 6.61 Å². The van der Waals surface area contributed by atoms with Gasteiger partial charge in [0, 0.05) is 5.57 Å². The van der Waals surface area contributed by atoms with Gasteiger partial charge in [0.15, 0.2) is 0 Å². The second kappa shape index (κ2) is 4.57. The highest BCUT2D eigenvalue weighted by atomic mass is 16.5. The molecule has 0 heterocycles.